The van der Waals surface area contributed by atoms with E-state index in [9.17, 15) is 9.59 Å². The fourth-order valence-corrected chi connectivity index (χ4v) is 2.67. The molecule has 114 valence electrons. The quantitative estimate of drug-likeness (QED) is 0.927. The molecule has 1 aliphatic heterocycles. The monoisotopic (exact) mass is 311 g/mol. The molecule has 5 nitrogen and oxygen atoms in total. The molecule has 1 amide bonds. The molecule has 0 bridgehead atoms. The molecule has 1 saturated heterocycles. The van der Waals surface area contributed by atoms with Gasteiger partial charge in [-0.2, -0.15) is 0 Å². The minimum atomic E-state index is -0.855. The highest BCUT2D eigenvalue weighted by atomic mass is 35.5. The van der Waals surface area contributed by atoms with Crippen LogP contribution < -0.4 is 4.74 Å². The lowest BCUT2D eigenvalue weighted by molar-refractivity contribution is -0.143. The summed E-state index contributed by atoms with van der Waals surface area (Å²) in [7, 11) is 0. The number of hydrogen-bond donors (Lipinski definition) is 1. The van der Waals surface area contributed by atoms with Crippen molar-refractivity contribution in [3.05, 3.63) is 28.8 Å². The van der Waals surface area contributed by atoms with Crippen molar-refractivity contribution in [3.63, 3.8) is 0 Å². The smallest absolute Gasteiger partial charge is 0.308 e. The van der Waals surface area contributed by atoms with Crippen molar-refractivity contribution in [1.82, 2.24) is 4.90 Å². The van der Waals surface area contributed by atoms with Gasteiger partial charge in [-0.05, 0) is 44.0 Å². The minimum absolute atomic E-state index is 0.0995. The number of aliphatic carboxylic acids is 1. The van der Waals surface area contributed by atoms with E-state index in [0.29, 0.717) is 23.7 Å². The van der Waals surface area contributed by atoms with E-state index in [2.05, 4.69) is 0 Å². The molecule has 0 spiro atoms. The Labute approximate surface area is 128 Å². The third-order valence-electron chi connectivity index (χ3n) is 3.88. The Hall–Kier alpha value is -1.75. The van der Waals surface area contributed by atoms with Gasteiger partial charge in [-0.15, -0.1) is 0 Å². The number of hydrogen-bond acceptors (Lipinski definition) is 3. The van der Waals surface area contributed by atoms with Crippen molar-refractivity contribution < 1.29 is 19.4 Å². The molecule has 1 fully saturated rings. The molecule has 0 radical (unpaired) electrons. The number of rotatable bonds is 4. The van der Waals surface area contributed by atoms with Gasteiger partial charge in [0, 0.05) is 17.6 Å². The van der Waals surface area contributed by atoms with E-state index >= 15 is 0 Å². The van der Waals surface area contributed by atoms with E-state index < -0.39 is 11.9 Å². The molecule has 0 aromatic heterocycles. The Balaban J connectivity index is 1.93. The van der Waals surface area contributed by atoms with E-state index in [4.69, 9.17) is 21.4 Å². The Bertz CT molecular complexity index is 561. The number of carboxylic acids is 1. The van der Waals surface area contributed by atoms with Crippen LogP contribution in [0, 0.1) is 12.8 Å². The van der Waals surface area contributed by atoms with Gasteiger partial charge in [0.05, 0.1) is 5.92 Å². The molecule has 2 unspecified atom stereocenters. The van der Waals surface area contributed by atoms with Gasteiger partial charge >= 0.3 is 5.97 Å². The normalized spacial score (nSPS) is 21.4. The first kappa shape index (κ1) is 15.6. The molecular formula is C15H18ClNO4. The van der Waals surface area contributed by atoms with Crippen LogP contribution in [0.25, 0.3) is 0 Å². The molecule has 21 heavy (non-hydrogen) atoms. The van der Waals surface area contributed by atoms with Crippen LogP contribution in [0.15, 0.2) is 18.2 Å². The first-order chi connectivity index (χ1) is 9.90. The summed E-state index contributed by atoms with van der Waals surface area (Å²) in [5.41, 5.74) is 0.877. The highest BCUT2D eigenvalue weighted by molar-refractivity contribution is 6.31. The number of halogens is 1. The van der Waals surface area contributed by atoms with Gasteiger partial charge in [0.2, 0.25) is 0 Å². The molecule has 6 heteroatoms. The zero-order valence-corrected chi connectivity index (χ0v) is 12.8. The third kappa shape index (κ3) is 3.47. The fraction of sp³-hybridized carbons (Fsp3) is 0.467. The maximum absolute atomic E-state index is 12.1. The van der Waals surface area contributed by atoms with Crippen LogP contribution in [0.2, 0.25) is 5.02 Å². The van der Waals surface area contributed by atoms with Gasteiger partial charge in [0.1, 0.15) is 5.75 Å². The summed E-state index contributed by atoms with van der Waals surface area (Å²) in [6, 6.07) is 4.89. The van der Waals surface area contributed by atoms with Crippen molar-refractivity contribution in [2.75, 3.05) is 13.2 Å². The molecular weight excluding hydrogens is 294 g/mol. The van der Waals surface area contributed by atoms with E-state index in [1.165, 1.54) is 0 Å². The summed E-state index contributed by atoms with van der Waals surface area (Å²) >= 11 is 5.93. The zero-order valence-electron chi connectivity index (χ0n) is 12.0. The minimum Gasteiger partial charge on any atom is -0.484 e. The molecule has 1 aromatic carbocycles. The number of aryl methyl sites for hydroxylation is 1. The Morgan fingerprint density at radius 3 is 2.76 bits per heavy atom. The second-order valence-corrected chi connectivity index (χ2v) is 5.67. The molecule has 1 aliphatic rings. The molecule has 1 aromatic rings. The molecule has 1 heterocycles. The van der Waals surface area contributed by atoms with Crippen LogP contribution in [-0.4, -0.2) is 41.1 Å². The molecule has 0 aliphatic carbocycles. The Kier molecular flexibility index (Phi) is 4.73. The van der Waals surface area contributed by atoms with Gasteiger partial charge in [0.15, 0.2) is 6.61 Å². The predicted octanol–water partition coefficient (Wildman–Crippen LogP) is 2.35. The number of carbonyl (C=O) groups excluding carboxylic acids is 1. The number of likely N-dealkylation sites (tertiary alicyclic amines) is 1. The number of nitrogens with zero attached hydrogens (tertiary/aromatic N) is 1. The van der Waals surface area contributed by atoms with E-state index in [1.54, 1.807) is 30.0 Å². The molecule has 1 N–H and O–H groups in total. The van der Waals surface area contributed by atoms with Crippen LogP contribution in [0.3, 0.4) is 0 Å². The van der Waals surface area contributed by atoms with Gasteiger partial charge in [-0.25, -0.2) is 0 Å². The number of amides is 1. The van der Waals surface area contributed by atoms with Gasteiger partial charge < -0.3 is 14.7 Å². The van der Waals surface area contributed by atoms with Crippen molar-refractivity contribution in [2.24, 2.45) is 5.92 Å². The summed E-state index contributed by atoms with van der Waals surface area (Å²) in [5, 5.41) is 9.71. The van der Waals surface area contributed by atoms with Crippen LogP contribution in [0.1, 0.15) is 18.9 Å². The van der Waals surface area contributed by atoms with Crippen LogP contribution in [0.5, 0.6) is 5.75 Å². The van der Waals surface area contributed by atoms with Crippen molar-refractivity contribution in [2.45, 2.75) is 26.3 Å². The SMILES string of the molecule is Cc1cc(OCC(=O)N2CCC(C(=O)O)C2C)ccc1Cl. The van der Waals surface area contributed by atoms with Crippen molar-refractivity contribution in [1.29, 1.82) is 0 Å². The number of benzene rings is 1. The predicted molar refractivity (Wildman–Crippen MR) is 78.6 cm³/mol. The average Bonchev–Trinajstić information content (AvgIpc) is 2.82. The number of ether oxygens (including phenoxy) is 1. The standard InChI is InChI=1S/C15H18ClNO4/c1-9-7-11(3-4-13(9)16)21-8-14(18)17-6-5-12(10(17)2)15(19)20/h3-4,7,10,12H,5-6,8H2,1-2H3,(H,19,20). The summed E-state index contributed by atoms with van der Waals surface area (Å²) in [6.07, 6.45) is 0.488. The van der Waals surface area contributed by atoms with E-state index in [1.807, 2.05) is 6.92 Å². The Morgan fingerprint density at radius 1 is 1.48 bits per heavy atom. The van der Waals surface area contributed by atoms with Crippen LogP contribution in [-0.2, 0) is 9.59 Å². The number of carbonyl (C=O) groups is 2. The lowest BCUT2D eigenvalue weighted by Crippen LogP contribution is -2.40. The zero-order chi connectivity index (χ0) is 15.6. The molecule has 0 saturated carbocycles. The molecule has 2 atom stereocenters. The van der Waals surface area contributed by atoms with Crippen LogP contribution in [0.4, 0.5) is 0 Å². The maximum Gasteiger partial charge on any atom is 0.308 e. The first-order valence-corrected chi connectivity index (χ1v) is 7.19. The van der Waals surface area contributed by atoms with Crippen molar-refractivity contribution >= 4 is 23.5 Å². The summed E-state index contributed by atoms with van der Waals surface area (Å²) in [6.45, 7) is 3.98. The topological polar surface area (TPSA) is 66.8 Å². The highest BCUT2D eigenvalue weighted by Crippen LogP contribution is 2.25. The summed E-state index contributed by atoms with van der Waals surface area (Å²) < 4.78 is 5.46. The lowest BCUT2D eigenvalue weighted by atomic mass is 10.0. The van der Waals surface area contributed by atoms with E-state index in [0.717, 1.165) is 5.56 Å². The molecule has 2 rings (SSSR count). The summed E-state index contributed by atoms with van der Waals surface area (Å²) in [4.78, 5) is 24.7. The average molecular weight is 312 g/mol. The van der Waals surface area contributed by atoms with Crippen LogP contribution >= 0.6 is 11.6 Å². The maximum atomic E-state index is 12.1. The highest BCUT2D eigenvalue weighted by Gasteiger charge is 2.38. The lowest BCUT2D eigenvalue weighted by Gasteiger charge is -2.23. The Morgan fingerprint density at radius 2 is 2.19 bits per heavy atom. The van der Waals surface area contributed by atoms with Gasteiger partial charge in [-0.3, -0.25) is 9.59 Å². The van der Waals surface area contributed by atoms with E-state index in [-0.39, 0.29) is 18.6 Å². The van der Waals surface area contributed by atoms with Crippen molar-refractivity contribution in [3.8, 4) is 5.75 Å². The largest absolute Gasteiger partial charge is 0.484 e. The number of carboxylic acid groups (broad SMARTS) is 1. The first-order valence-electron chi connectivity index (χ1n) is 6.81. The summed E-state index contributed by atoms with van der Waals surface area (Å²) in [5.74, 6) is -0.968. The second kappa shape index (κ2) is 6.35. The third-order valence-corrected chi connectivity index (χ3v) is 4.31. The second-order valence-electron chi connectivity index (χ2n) is 5.26. The fourth-order valence-electron chi connectivity index (χ4n) is 2.56. The van der Waals surface area contributed by atoms with Gasteiger partial charge in [-0.1, -0.05) is 11.6 Å². The van der Waals surface area contributed by atoms with Gasteiger partial charge in [0.25, 0.3) is 5.91 Å².